The van der Waals surface area contributed by atoms with Gasteiger partial charge in [-0.1, -0.05) is 6.42 Å². The zero-order chi connectivity index (χ0) is 13.5. The monoisotopic (exact) mass is 272 g/mol. The summed E-state index contributed by atoms with van der Waals surface area (Å²) in [7, 11) is 2.99. The number of hydrogen-bond acceptors (Lipinski definition) is 5. The Bertz CT molecular complexity index is 495. The third-order valence-corrected chi connectivity index (χ3v) is 3.34. The van der Waals surface area contributed by atoms with E-state index >= 15 is 0 Å². The molecule has 1 aromatic rings. The third-order valence-electron chi connectivity index (χ3n) is 2.64. The van der Waals surface area contributed by atoms with Gasteiger partial charge in [0.25, 0.3) is 5.56 Å². The Balaban J connectivity index is 2.53. The van der Waals surface area contributed by atoms with Gasteiger partial charge in [0.1, 0.15) is 0 Å². The minimum Gasteiger partial charge on any atom is -0.364 e. The number of nitrogens with zero attached hydrogens (tertiary/aromatic N) is 3. The molecule has 6 nitrogen and oxygen atoms in total. The van der Waals surface area contributed by atoms with E-state index in [9.17, 15) is 9.59 Å². The quantitative estimate of drug-likeness (QED) is 0.729. The van der Waals surface area contributed by atoms with E-state index in [4.69, 9.17) is 0 Å². The lowest BCUT2D eigenvalue weighted by molar-refractivity contribution is 0.603. The van der Waals surface area contributed by atoms with Crippen LogP contribution in [0.25, 0.3) is 0 Å². The first kappa shape index (κ1) is 14.8. The highest BCUT2D eigenvalue weighted by atomic mass is 32.2. The van der Waals surface area contributed by atoms with E-state index in [0.717, 1.165) is 22.1 Å². The van der Waals surface area contributed by atoms with Gasteiger partial charge in [-0.2, -0.15) is 11.8 Å². The van der Waals surface area contributed by atoms with Crippen LogP contribution in [0.5, 0.6) is 0 Å². The fraction of sp³-hybridized carbons (Fsp3) is 0.727. The Morgan fingerprint density at radius 1 is 1.22 bits per heavy atom. The van der Waals surface area contributed by atoms with Gasteiger partial charge >= 0.3 is 5.69 Å². The largest absolute Gasteiger partial charge is 0.364 e. The SMILES string of the molecule is CSCCCCCNc1nn(C)c(=O)n(C)c1=O. The summed E-state index contributed by atoms with van der Waals surface area (Å²) >= 11 is 1.84. The Kier molecular flexibility index (Phi) is 5.97. The van der Waals surface area contributed by atoms with Crippen molar-refractivity contribution < 1.29 is 0 Å². The molecule has 1 heterocycles. The van der Waals surface area contributed by atoms with Crippen LogP contribution in [0.2, 0.25) is 0 Å². The fourth-order valence-corrected chi connectivity index (χ4v) is 2.06. The number of thioether (sulfide) groups is 1. The van der Waals surface area contributed by atoms with Crippen molar-refractivity contribution in [3.05, 3.63) is 20.8 Å². The Morgan fingerprint density at radius 2 is 1.94 bits per heavy atom. The molecule has 0 aliphatic heterocycles. The normalized spacial score (nSPS) is 10.6. The second-order valence-corrected chi connectivity index (χ2v) is 5.08. The molecule has 0 saturated heterocycles. The molecule has 102 valence electrons. The first-order valence-electron chi connectivity index (χ1n) is 5.95. The van der Waals surface area contributed by atoms with Gasteiger partial charge in [0.2, 0.25) is 5.82 Å². The van der Waals surface area contributed by atoms with E-state index < -0.39 is 5.69 Å². The van der Waals surface area contributed by atoms with Gasteiger partial charge in [0.15, 0.2) is 0 Å². The number of aryl methyl sites for hydroxylation is 1. The molecule has 0 saturated carbocycles. The van der Waals surface area contributed by atoms with Gasteiger partial charge in [0, 0.05) is 20.6 Å². The van der Waals surface area contributed by atoms with Crippen LogP contribution < -0.4 is 16.6 Å². The molecule has 0 radical (unpaired) electrons. The lowest BCUT2D eigenvalue weighted by Crippen LogP contribution is -2.40. The molecule has 0 fully saturated rings. The number of hydrogen-bond donors (Lipinski definition) is 1. The molecule has 7 heteroatoms. The molecule has 0 aliphatic rings. The summed E-state index contributed by atoms with van der Waals surface area (Å²) in [5, 5.41) is 6.91. The van der Waals surface area contributed by atoms with Crippen LogP contribution in [0.4, 0.5) is 5.82 Å². The van der Waals surface area contributed by atoms with Crippen LogP contribution in [0.3, 0.4) is 0 Å². The summed E-state index contributed by atoms with van der Waals surface area (Å²) in [5.41, 5.74) is -0.785. The average Bonchev–Trinajstić information content (AvgIpc) is 2.37. The molecule has 0 bridgehead atoms. The van der Waals surface area contributed by atoms with Gasteiger partial charge in [-0.15, -0.1) is 5.10 Å². The minimum absolute atomic E-state index is 0.240. The lowest BCUT2D eigenvalue weighted by atomic mass is 10.2. The molecular weight excluding hydrogens is 252 g/mol. The number of unbranched alkanes of at least 4 members (excludes halogenated alkanes) is 2. The number of anilines is 1. The predicted octanol–water partition coefficient (Wildman–Crippen LogP) is 0.424. The summed E-state index contributed by atoms with van der Waals surface area (Å²) in [6.07, 6.45) is 5.39. The highest BCUT2D eigenvalue weighted by Gasteiger charge is 2.07. The van der Waals surface area contributed by atoms with Crippen LogP contribution >= 0.6 is 11.8 Å². The van der Waals surface area contributed by atoms with E-state index in [2.05, 4.69) is 16.7 Å². The van der Waals surface area contributed by atoms with E-state index in [0.29, 0.717) is 6.54 Å². The van der Waals surface area contributed by atoms with Crippen LogP contribution in [0.15, 0.2) is 9.59 Å². The molecule has 0 aliphatic carbocycles. The summed E-state index contributed by atoms with van der Waals surface area (Å²) in [4.78, 5) is 23.2. The zero-order valence-electron chi connectivity index (χ0n) is 11.1. The standard InChI is InChI=1S/C11H20N4O2S/c1-14-10(16)9(13-15(2)11(14)17)12-7-5-4-6-8-18-3/h4-8H2,1-3H3,(H,12,13). The zero-order valence-corrected chi connectivity index (χ0v) is 11.9. The third kappa shape index (κ3) is 3.90. The van der Waals surface area contributed by atoms with Crippen molar-refractivity contribution in [2.75, 3.05) is 23.9 Å². The summed E-state index contributed by atoms with van der Waals surface area (Å²) in [6, 6.07) is 0. The van der Waals surface area contributed by atoms with E-state index in [1.54, 1.807) is 0 Å². The number of nitrogens with one attached hydrogen (secondary N) is 1. The van der Waals surface area contributed by atoms with Crippen LogP contribution in [-0.2, 0) is 14.1 Å². The van der Waals surface area contributed by atoms with Crippen molar-refractivity contribution >= 4 is 17.6 Å². The maximum absolute atomic E-state index is 11.7. The van der Waals surface area contributed by atoms with Gasteiger partial charge in [-0.25, -0.2) is 9.48 Å². The highest BCUT2D eigenvalue weighted by molar-refractivity contribution is 7.98. The van der Waals surface area contributed by atoms with E-state index in [-0.39, 0.29) is 11.4 Å². The average molecular weight is 272 g/mol. The maximum Gasteiger partial charge on any atom is 0.346 e. The molecule has 18 heavy (non-hydrogen) atoms. The Labute approximate surface area is 110 Å². The van der Waals surface area contributed by atoms with Crippen molar-refractivity contribution in [3.8, 4) is 0 Å². The second-order valence-electron chi connectivity index (χ2n) is 4.10. The van der Waals surface area contributed by atoms with Crippen molar-refractivity contribution in [3.63, 3.8) is 0 Å². The smallest absolute Gasteiger partial charge is 0.346 e. The fourth-order valence-electron chi connectivity index (χ4n) is 1.56. The highest BCUT2D eigenvalue weighted by Crippen LogP contribution is 2.02. The van der Waals surface area contributed by atoms with E-state index in [1.165, 1.54) is 26.3 Å². The van der Waals surface area contributed by atoms with Crippen molar-refractivity contribution in [1.29, 1.82) is 0 Å². The van der Waals surface area contributed by atoms with Gasteiger partial charge in [-0.05, 0) is 24.9 Å². The Morgan fingerprint density at radius 3 is 2.61 bits per heavy atom. The molecule has 0 unspecified atom stereocenters. The molecule has 1 N–H and O–H groups in total. The van der Waals surface area contributed by atoms with Crippen LogP contribution in [0.1, 0.15) is 19.3 Å². The van der Waals surface area contributed by atoms with Crippen LogP contribution in [0, 0.1) is 0 Å². The van der Waals surface area contributed by atoms with Crippen molar-refractivity contribution in [2.45, 2.75) is 19.3 Å². The summed E-state index contributed by atoms with van der Waals surface area (Å²) in [6.45, 7) is 0.703. The van der Waals surface area contributed by atoms with Gasteiger partial charge in [-0.3, -0.25) is 9.36 Å². The first-order chi connectivity index (χ1) is 8.57. The van der Waals surface area contributed by atoms with Crippen molar-refractivity contribution in [2.24, 2.45) is 14.1 Å². The maximum atomic E-state index is 11.7. The molecule has 0 spiro atoms. The predicted molar refractivity (Wildman–Crippen MR) is 75.4 cm³/mol. The topological polar surface area (TPSA) is 68.9 Å². The lowest BCUT2D eigenvalue weighted by Gasteiger charge is -2.07. The Hall–Kier alpha value is -1.24. The van der Waals surface area contributed by atoms with Crippen molar-refractivity contribution in [1.82, 2.24) is 14.3 Å². The minimum atomic E-state index is -0.412. The van der Waals surface area contributed by atoms with Gasteiger partial charge in [0.05, 0.1) is 0 Å². The molecule has 1 rings (SSSR count). The second kappa shape index (κ2) is 7.25. The van der Waals surface area contributed by atoms with Crippen LogP contribution in [-0.4, -0.2) is 32.9 Å². The molecule has 1 aromatic heterocycles. The number of rotatable bonds is 7. The number of aromatic nitrogens is 3. The molecule has 0 atom stereocenters. The van der Waals surface area contributed by atoms with E-state index in [1.807, 2.05) is 11.8 Å². The summed E-state index contributed by atoms with van der Waals surface area (Å²) in [5.74, 6) is 1.41. The van der Waals surface area contributed by atoms with Gasteiger partial charge < -0.3 is 5.32 Å². The summed E-state index contributed by atoms with van der Waals surface area (Å²) < 4.78 is 2.22. The molecular formula is C11H20N4O2S. The molecule has 0 aromatic carbocycles. The first-order valence-corrected chi connectivity index (χ1v) is 7.34. The molecule has 0 amide bonds.